The van der Waals surface area contributed by atoms with Crippen LogP contribution in [-0.4, -0.2) is 17.1 Å². The maximum absolute atomic E-state index is 8.69. The third-order valence-electron chi connectivity index (χ3n) is 3.47. The summed E-state index contributed by atoms with van der Waals surface area (Å²) in [6, 6.07) is 9.97. The van der Waals surface area contributed by atoms with Gasteiger partial charge in [-0.25, -0.2) is 0 Å². The van der Waals surface area contributed by atoms with E-state index in [0.29, 0.717) is 6.04 Å². The second kappa shape index (κ2) is 6.95. The van der Waals surface area contributed by atoms with Gasteiger partial charge < -0.3 is 20.7 Å². The molecular formula is C16H21N3O2. The van der Waals surface area contributed by atoms with Crippen molar-refractivity contribution in [3.05, 3.63) is 59.0 Å². The first-order chi connectivity index (χ1) is 10.1. The molecule has 0 amide bonds. The van der Waals surface area contributed by atoms with E-state index in [9.17, 15) is 0 Å². The SMILES string of the molecule is Cc1cc(/C(N)=N/O)ccc1CNC(C)Cc1ccco1. The summed E-state index contributed by atoms with van der Waals surface area (Å²) in [5.41, 5.74) is 8.61. The van der Waals surface area contributed by atoms with Gasteiger partial charge in [-0.1, -0.05) is 17.3 Å². The van der Waals surface area contributed by atoms with Gasteiger partial charge in [-0.2, -0.15) is 0 Å². The molecule has 0 saturated heterocycles. The normalized spacial score (nSPS) is 13.3. The Hall–Kier alpha value is -2.27. The van der Waals surface area contributed by atoms with Crippen LogP contribution in [0.2, 0.25) is 0 Å². The van der Waals surface area contributed by atoms with E-state index in [4.69, 9.17) is 15.4 Å². The number of rotatable bonds is 6. The Morgan fingerprint density at radius 1 is 1.43 bits per heavy atom. The van der Waals surface area contributed by atoms with Gasteiger partial charge in [-0.15, -0.1) is 0 Å². The first-order valence-electron chi connectivity index (χ1n) is 6.93. The van der Waals surface area contributed by atoms with Gasteiger partial charge in [0.1, 0.15) is 5.76 Å². The second-order valence-electron chi connectivity index (χ2n) is 5.19. The van der Waals surface area contributed by atoms with Crippen molar-refractivity contribution in [2.24, 2.45) is 10.9 Å². The van der Waals surface area contributed by atoms with Crippen molar-refractivity contribution in [1.82, 2.24) is 5.32 Å². The molecular weight excluding hydrogens is 266 g/mol. The zero-order valence-corrected chi connectivity index (χ0v) is 12.3. The number of hydrogen-bond donors (Lipinski definition) is 3. The third kappa shape index (κ3) is 4.10. The maximum atomic E-state index is 8.69. The molecule has 0 radical (unpaired) electrons. The fraction of sp³-hybridized carbons (Fsp3) is 0.312. The average Bonchev–Trinajstić information content (AvgIpc) is 2.98. The summed E-state index contributed by atoms with van der Waals surface area (Å²) in [5.74, 6) is 1.11. The van der Waals surface area contributed by atoms with Gasteiger partial charge in [-0.05, 0) is 43.2 Å². The van der Waals surface area contributed by atoms with Gasteiger partial charge in [-0.3, -0.25) is 0 Å². The molecule has 4 N–H and O–H groups in total. The molecule has 0 aliphatic heterocycles. The molecule has 0 saturated carbocycles. The van der Waals surface area contributed by atoms with Gasteiger partial charge in [0.15, 0.2) is 5.84 Å². The Kier molecular flexibility index (Phi) is 5.00. The smallest absolute Gasteiger partial charge is 0.170 e. The lowest BCUT2D eigenvalue weighted by Gasteiger charge is -2.14. The molecule has 1 heterocycles. The lowest BCUT2D eigenvalue weighted by molar-refractivity contribution is 0.318. The number of amidine groups is 1. The predicted molar refractivity (Wildman–Crippen MR) is 82.4 cm³/mol. The lowest BCUT2D eigenvalue weighted by atomic mass is 10.0. The summed E-state index contributed by atoms with van der Waals surface area (Å²) in [7, 11) is 0. The van der Waals surface area contributed by atoms with Crippen LogP contribution >= 0.6 is 0 Å². The van der Waals surface area contributed by atoms with Crippen LogP contribution in [0.3, 0.4) is 0 Å². The lowest BCUT2D eigenvalue weighted by Crippen LogP contribution is -2.27. The van der Waals surface area contributed by atoms with Crippen molar-refractivity contribution in [1.29, 1.82) is 0 Å². The van der Waals surface area contributed by atoms with E-state index in [1.165, 1.54) is 5.56 Å². The number of furan rings is 1. The number of nitrogens with zero attached hydrogens (tertiary/aromatic N) is 1. The monoisotopic (exact) mass is 287 g/mol. The van der Waals surface area contributed by atoms with Crippen LogP contribution in [0, 0.1) is 6.92 Å². The minimum atomic E-state index is 0.129. The van der Waals surface area contributed by atoms with E-state index in [1.54, 1.807) is 6.26 Å². The fourth-order valence-corrected chi connectivity index (χ4v) is 2.20. The van der Waals surface area contributed by atoms with E-state index >= 15 is 0 Å². The second-order valence-corrected chi connectivity index (χ2v) is 5.19. The van der Waals surface area contributed by atoms with E-state index in [0.717, 1.165) is 29.9 Å². The highest BCUT2D eigenvalue weighted by molar-refractivity contribution is 5.97. The van der Waals surface area contributed by atoms with Gasteiger partial charge >= 0.3 is 0 Å². The molecule has 0 spiro atoms. The number of nitrogens with two attached hydrogens (primary N) is 1. The van der Waals surface area contributed by atoms with Crippen molar-refractivity contribution in [3.63, 3.8) is 0 Å². The molecule has 0 aliphatic carbocycles. The van der Waals surface area contributed by atoms with Gasteiger partial charge in [0, 0.05) is 24.6 Å². The zero-order valence-electron chi connectivity index (χ0n) is 12.3. The van der Waals surface area contributed by atoms with E-state index in [2.05, 4.69) is 17.4 Å². The first-order valence-corrected chi connectivity index (χ1v) is 6.93. The quantitative estimate of drug-likeness (QED) is 0.330. The Labute approximate surface area is 124 Å². The number of aryl methyl sites for hydroxylation is 1. The summed E-state index contributed by atoms with van der Waals surface area (Å²) < 4.78 is 5.34. The molecule has 1 atom stereocenters. The topological polar surface area (TPSA) is 83.8 Å². The van der Waals surface area contributed by atoms with Crippen LogP contribution in [0.4, 0.5) is 0 Å². The Morgan fingerprint density at radius 3 is 2.86 bits per heavy atom. The maximum Gasteiger partial charge on any atom is 0.170 e. The van der Waals surface area contributed by atoms with Crippen LogP contribution in [0.1, 0.15) is 29.4 Å². The van der Waals surface area contributed by atoms with Gasteiger partial charge in [0.25, 0.3) is 0 Å². The number of nitrogens with one attached hydrogen (secondary N) is 1. The standard InChI is InChI=1S/C16H21N3O2/c1-11-8-13(16(17)19-20)5-6-14(11)10-18-12(2)9-15-4-3-7-21-15/h3-8,12,18,20H,9-10H2,1-2H3,(H2,17,19). The highest BCUT2D eigenvalue weighted by atomic mass is 16.4. The van der Waals surface area contributed by atoms with Crippen LogP contribution in [0.5, 0.6) is 0 Å². The van der Waals surface area contributed by atoms with Crippen molar-refractivity contribution in [3.8, 4) is 0 Å². The van der Waals surface area contributed by atoms with Gasteiger partial charge in [0.2, 0.25) is 0 Å². The number of benzene rings is 1. The number of hydrogen-bond acceptors (Lipinski definition) is 4. The minimum Gasteiger partial charge on any atom is -0.469 e. The average molecular weight is 287 g/mol. The van der Waals surface area contributed by atoms with Crippen LogP contribution in [-0.2, 0) is 13.0 Å². The summed E-state index contributed by atoms with van der Waals surface area (Å²) in [4.78, 5) is 0. The predicted octanol–water partition coefficient (Wildman–Crippen LogP) is 2.40. The summed E-state index contributed by atoms with van der Waals surface area (Å²) in [6.07, 6.45) is 2.55. The van der Waals surface area contributed by atoms with Crippen LogP contribution < -0.4 is 11.1 Å². The molecule has 5 nitrogen and oxygen atoms in total. The molecule has 2 aromatic rings. The van der Waals surface area contributed by atoms with E-state index in [1.807, 2.05) is 37.3 Å². The summed E-state index contributed by atoms with van der Waals surface area (Å²) >= 11 is 0. The molecule has 1 unspecified atom stereocenters. The highest BCUT2D eigenvalue weighted by Gasteiger charge is 2.07. The molecule has 2 rings (SSSR count). The van der Waals surface area contributed by atoms with Crippen LogP contribution in [0.25, 0.3) is 0 Å². The summed E-state index contributed by atoms with van der Waals surface area (Å²) in [5, 5.41) is 15.2. The molecule has 5 heteroatoms. The molecule has 0 bridgehead atoms. The highest BCUT2D eigenvalue weighted by Crippen LogP contribution is 2.12. The molecule has 112 valence electrons. The van der Waals surface area contributed by atoms with E-state index < -0.39 is 0 Å². The van der Waals surface area contributed by atoms with E-state index in [-0.39, 0.29) is 5.84 Å². The largest absolute Gasteiger partial charge is 0.469 e. The number of oxime groups is 1. The Bertz CT molecular complexity index is 606. The fourth-order valence-electron chi connectivity index (χ4n) is 2.20. The van der Waals surface area contributed by atoms with Crippen molar-refractivity contribution >= 4 is 5.84 Å². The molecule has 21 heavy (non-hydrogen) atoms. The van der Waals surface area contributed by atoms with Gasteiger partial charge in [0.05, 0.1) is 6.26 Å². The van der Waals surface area contributed by atoms with Crippen molar-refractivity contribution in [2.45, 2.75) is 32.9 Å². The summed E-state index contributed by atoms with van der Waals surface area (Å²) in [6.45, 7) is 4.91. The molecule has 1 aromatic carbocycles. The molecule has 0 fully saturated rings. The van der Waals surface area contributed by atoms with Crippen LogP contribution in [0.15, 0.2) is 46.2 Å². The third-order valence-corrected chi connectivity index (χ3v) is 3.47. The van der Waals surface area contributed by atoms with Crippen molar-refractivity contribution in [2.75, 3.05) is 0 Å². The Balaban J connectivity index is 1.94. The first kappa shape index (κ1) is 15.1. The molecule has 0 aliphatic rings. The van der Waals surface area contributed by atoms with Crippen molar-refractivity contribution < 1.29 is 9.62 Å². The molecule has 1 aromatic heterocycles. The Morgan fingerprint density at radius 2 is 2.24 bits per heavy atom. The zero-order chi connectivity index (χ0) is 15.2. The minimum absolute atomic E-state index is 0.129.